The summed E-state index contributed by atoms with van der Waals surface area (Å²) in [5.74, 6) is 0.851. The molecule has 2 atom stereocenters. The van der Waals surface area contributed by atoms with Crippen molar-refractivity contribution in [2.24, 2.45) is 5.92 Å². The molecular formula is C11H19N3. The van der Waals surface area contributed by atoms with E-state index in [1.54, 1.807) is 0 Å². The van der Waals surface area contributed by atoms with E-state index >= 15 is 0 Å². The van der Waals surface area contributed by atoms with Gasteiger partial charge in [0, 0.05) is 25.0 Å². The summed E-state index contributed by atoms with van der Waals surface area (Å²) in [5.41, 5.74) is 0. The first-order valence-electron chi connectivity index (χ1n) is 5.55. The average Bonchev–Trinajstić information content (AvgIpc) is 2.85. The lowest BCUT2D eigenvalue weighted by molar-refractivity contribution is 0.369. The van der Waals surface area contributed by atoms with Crippen molar-refractivity contribution in [3.63, 3.8) is 0 Å². The zero-order valence-electron chi connectivity index (χ0n) is 8.82. The van der Waals surface area contributed by atoms with Gasteiger partial charge >= 0.3 is 0 Å². The maximum absolute atomic E-state index is 4.22. The quantitative estimate of drug-likeness (QED) is 0.788. The van der Waals surface area contributed by atoms with E-state index in [1.807, 2.05) is 23.1 Å². The first-order valence-corrected chi connectivity index (χ1v) is 5.55. The van der Waals surface area contributed by atoms with Crippen LogP contribution in [0, 0.1) is 5.92 Å². The molecule has 1 aliphatic carbocycles. The van der Waals surface area contributed by atoms with Crippen molar-refractivity contribution in [2.75, 3.05) is 7.05 Å². The number of aromatic nitrogens is 2. The highest BCUT2D eigenvalue weighted by Gasteiger charge is 2.25. The Hall–Kier alpha value is -0.830. The van der Waals surface area contributed by atoms with Gasteiger partial charge in [0.15, 0.2) is 0 Å². The molecule has 1 saturated carbocycles. The standard InChI is InChI=1S/C11H19N3/c1-12-11-5-2-4-10(11)6-9-14-8-3-7-13-14/h3,7-8,10-12H,2,4-6,9H2,1H3. The molecule has 78 valence electrons. The molecule has 1 fully saturated rings. The molecule has 1 aromatic heterocycles. The van der Waals surface area contributed by atoms with E-state index in [9.17, 15) is 0 Å². The molecule has 0 saturated heterocycles. The van der Waals surface area contributed by atoms with Crippen molar-refractivity contribution in [3.8, 4) is 0 Å². The summed E-state index contributed by atoms with van der Waals surface area (Å²) in [4.78, 5) is 0. The third-order valence-corrected chi connectivity index (χ3v) is 3.32. The fraction of sp³-hybridized carbons (Fsp3) is 0.727. The maximum atomic E-state index is 4.22. The Bertz CT molecular complexity index is 256. The van der Waals surface area contributed by atoms with E-state index in [4.69, 9.17) is 0 Å². The van der Waals surface area contributed by atoms with Crippen LogP contribution in [0.3, 0.4) is 0 Å². The van der Waals surface area contributed by atoms with Crippen LogP contribution in [-0.2, 0) is 6.54 Å². The molecule has 0 amide bonds. The minimum atomic E-state index is 0.741. The first kappa shape index (κ1) is 9.71. The summed E-state index contributed by atoms with van der Waals surface area (Å²) < 4.78 is 2.03. The summed E-state index contributed by atoms with van der Waals surface area (Å²) in [6.45, 7) is 1.07. The van der Waals surface area contributed by atoms with Gasteiger partial charge in [0.05, 0.1) is 0 Å². The van der Waals surface area contributed by atoms with Crippen molar-refractivity contribution in [1.82, 2.24) is 15.1 Å². The second-order valence-corrected chi connectivity index (χ2v) is 4.14. The van der Waals surface area contributed by atoms with Gasteiger partial charge in [-0.2, -0.15) is 5.10 Å². The average molecular weight is 193 g/mol. The monoisotopic (exact) mass is 193 g/mol. The third-order valence-electron chi connectivity index (χ3n) is 3.32. The van der Waals surface area contributed by atoms with Crippen LogP contribution in [0.4, 0.5) is 0 Å². The molecule has 0 aliphatic heterocycles. The van der Waals surface area contributed by atoms with E-state index in [2.05, 4.69) is 17.5 Å². The van der Waals surface area contributed by atoms with E-state index in [0.717, 1.165) is 18.5 Å². The molecule has 0 spiro atoms. The highest BCUT2D eigenvalue weighted by molar-refractivity contribution is 4.83. The molecule has 3 nitrogen and oxygen atoms in total. The van der Waals surface area contributed by atoms with Crippen molar-refractivity contribution in [2.45, 2.75) is 38.3 Å². The smallest absolute Gasteiger partial charge is 0.0489 e. The zero-order valence-corrected chi connectivity index (χ0v) is 8.82. The van der Waals surface area contributed by atoms with Gasteiger partial charge in [-0.15, -0.1) is 0 Å². The number of aryl methyl sites for hydroxylation is 1. The molecule has 2 rings (SSSR count). The van der Waals surface area contributed by atoms with Crippen molar-refractivity contribution >= 4 is 0 Å². The maximum Gasteiger partial charge on any atom is 0.0489 e. The van der Waals surface area contributed by atoms with Gasteiger partial charge in [-0.1, -0.05) is 6.42 Å². The van der Waals surface area contributed by atoms with Gasteiger partial charge in [-0.05, 0) is 38.3 Å². The minimum Gasteiger partial charge on any atom is -0.317 e. The second-order valence-electron chi connectivity index (χ2n) is 4.14. The van der Waals surface area contributed by atoms with Crippen LogP contribution in [0.25, 0.3) is 0 Å². The summed E-state index contributed by atoms with van der Waals surface area (Å²) in [6, 6.07) is 2.73. The topological polar surface area (TPSA) is 29.9 Å². The first-order chi connectivity index (χ1) is 6.90. The molecule has 2 unspecified atom stereocenters. The van der Waals surface area contributed by atoms with Crippen LogP contribution < -0.4 is 5.32 Å². The summed E-state index contributed by atoms with van der Waals surface area (Å²) in [7, 11) is 2.08. The Morgan fingerprint density at radius 2 is 2.43 bits per heavy atom. The minimum absolute atomic E-state index is 0.741. The zero-order chi connectivity index (χ0) is 9.80. The Labute approximate surface area is 85.5 Å². The lowest BCUT2D eigenvalue weighted by Gasteiger charge is -2.18. The van der Waals surface area contributed by atoms with Gasteiger partial charge in [-0.3, -0.25) is 4.68 Å². The van der Waals surface area contributed by atoms with Gasteiger partial charge < -0.3 is 5.32 Å². The predicted octanol–water partition coefficient (Wildman–Crippen LogP) is 1.66. The van der Waals surface area contributed by atoms with Crippen molar-refractivity contribution in [3.05, 3.63) is 18.5 Å². The highest BCUT2D eigenvalue weighted by atomic mass is 15.3. The Morgan fingerprint density at radius 1 is 1.50 bits per heavy atom. The lowest BCUT2D eigenvalue weighted by Crippen LogP contribution is -2.29. The van der Waals surface area contributed by atoms with Crippen LogP contribution in [0.15, 0.2) is 18.5 Å². The lowest BCUT2D eigenvalue weighted by atomic mass is 10.00. The number of nitrogens with one attached hydrogen (secondary N) is 1. The van der Waals surface area contributed by atoms with E-state index in [-0.39, 0.29) is 0 Å². The summed E-state index contributed by atoms with van der Waals surface area (Å²) >= 11 is 0. The van der Waals surface area contributed by atoms with Crippen LogP contribution in [-0.4, -0.2) is 22.9 Å². The Balaban J connectivity index is 1.80. The SMILES string of the molecule is CNC1CCCC1CCn1cccn1. The molecule has 1 aromatic rings. The Kier molecular flexibility index (Phi) is 3.19. The molecule has 1 aliphatic rings. The fourth-order valence-corrected chi connectivity index (χ4v) is 2.49. The second kappa shape index (κ2) is 4.60. The van der Waals surface area contributed by atoms with E-state index in [0.29, 0.717) is 0 Å². The van der Waals surface area contributed by atoms with Crippen LogP contribution in [0.5, 0.6) is 0 Å². The van der Waals surface area contributed by atoms with Crippen molar-refractivity contribution in [1.29, 1.82) is 0 Å². The Morgan fingerprint density at radius 3 is 3.14 bits per heavy atom. The molecule has 1 heterocycles. The molecule has 0 radical (unpaired) electrons. The predicted molar refractivity (Wildman–Crippen MR) is 57.0 cm³/mol. The van der Waals surface area contributed by atoms with Crippen LogP contribution in [0.2, 0.25) is 0 Å². The van der Waals surface area contributed by atoms with E-state index in [1.165, 1.54) is 25.7 Å². The molecule has 1 N–H and O–H groups in total. The largest absolute Gasteiger partial charge is 0.317 e. The number of hydrogen-bond donors (Lipinski definition) is 1. The highest BCUT2D eigenvalue weighted by Crippen LogP contribution is 2.28. The number of rotatable bonds is 4. The van der Waals surface area contributed by atoms with Gasteiger partial charge in [0.1, 0.15) is 0 Å². The third kappa shape index (κ3) is 2.15. The molecule has 0 bridgehead atoms. The summed E-state index contributed by atoms with van der Waals surface area (Å²) in [5, 5.41) is 7.64. The molecule has 3 heteroatoms. The van der Waals surface area contributed by atoms with Gasteiger partial charge in [-0.25, -0.2) is 0 Å². The number of nitrogens with zero attached hydrogens (tertiary/aromatic N) is 2. The fourth-order valence-electron chi connectivity index (χ4n) is 2.49. The van der Waals surface area contributed by atoms with Crippen LogP contribution in [0.1, 0.15) is 25.7 Å². The number of hydrogen-bond acceptors (Lipinski definition) is 2. The van der Waals surface area contributed by atoms with Gasteiger partial charge in [0.2, 0.25) is 0 Å². The van der Waals surface area contributed by atoms with E-state index < -0.39 is 0 Å². The molecular weight excluding hydrogens is 174 g/mol. The molecule has 0 aromatic carbocycles. The summed E-state index contributed by atoms with van der Waals surface area (Å²) in [6.07, 6.45) is 9.27. The van der Waals surface area contributed by atoms with Gasteiger partial charge in [0.25, 0.3) is 0 Å². The van der Waals surface area contributed by atoms with Crippen molar-refractivity contribution < 1.29 is 0 Å². The normalized spacial score (nSPS) is 26.9. The van der Waals surface area contributed by atoms with Crippen LogP contribution >= 0.6 is 0 Å². The molecule has 14 heavy (non-hydrogen) atoms.